The molecule has 0 saturated heterocycles. The Morgan fingerprint density at radius 2 is 1.75 bits per heavy atom. The van der Waals surface area contributed by atoms with Gasteiger partial charge in [-0.25, -0.2) is 0 Å². The second-order valence-corrected chi connectivity index (χ2v) is 0.339. The molecule has 0 fully saturated rings. The molecule has 0 amide bonds. The first kappa shape index (κ1) is 3.60. The molecule has 24 valence electrons. The highest BCUT2D eigenvalue weighted by Crippen LogP contribution is 1.85. The van der Waals surface area contributed by atoms with E-state index in [1.54, 1.807) is 0 Å². The van der Waals surface area contributed by atoms with Crippen LogP contribution in [0.5, 0.6) is 0 Å². The van der Waals surface area contributed by atoms with E-state index in [0.29, 0.717) is 0 Å². The van der Waals surface area contributed by atoms with Crippen LogP contribution in [0.25, 0.3) is 0 Å². The van der Waals surface area contributed by atoms with Crippen molar-refractivity contribution in [3.8, 4) is 0 Å². The second-order valence-electron chi connectivity index (χ2n) is 0.339. The monoisotopic (exact) mass is 65.0 g/mol. The van der Waals surface area contributed by atoms with Gasteiger partial charge in [0.1, 0.15) is 0 Å². The Kier molecular flexibility index (Phi) is 0.886. The Balaban J connectivity index is 0. The smallest absolute Gasteiger partial charge is 0.174 e. The molecule has 0 aromatic heterocycles. The maximum absolute atomic E-state index is 10.1. The zero-order chi connectivity index (χ0) is 3.58. The van der Waals surface area contributed by atoms with Gasteiger partial charge < -0.3 is 0 Å². The van der Waals surface area contributed by atoms with Crippen LogP contribution < -0.4 is 0 Å². The van der Waals surface area contributed by atoms with E-state index in [0.717, 1.165) is 0 Å². The molecule has 0 aliphatic rings. The van der Waals surface area contributed by atoms with Gasteiger partial charge in [0.05, 0.1) is 0 Å². The van der Waals surface area contributed by atoms with Gasteiger partial charge in [0, 0.05) is 0 Å². The predicted molar refractivity (Wildman–Crippen MR) is 12.5 cm³/mol. The fourth-order valence-electron chi connectivity index (χ4n) is 0. The molecule has 2 heteroatoms. The lowest BCUT2D eigenvalue weighted by atomic mass is 11.2. The summed E-state index contributed by atoms with van der Waals surface area (Å²) in [5, 5.41) is 0. The minimum atomic E-state index is -1.83. The van der Waals surface area contributed by atoms with E-state index in [2.05, 4.69) is 6.58 Å². The fraction of sp³-hybridized carbons (Fsp3) is 0. The molecule has 4 heavy (non-hydrogen) atoms. The molecule has 0 spiro atoms. The zero-order valence-electron chi connectivity index (χ0n) is 2.96. The van der Waals surface area contributed by atoms with Gasteiger partial charge in [0.2, 0.25) is 0 Å². The standard InChI is InChI=1S/C2H2F2/c1-2(3)4/h1H2/p+1. The van der Waals surface area contributed by atoms with Gasteiger partial charge in [0.25, 0.3) is 6.08 Å². The van der Waals surface area contributed by atoms with E-state index in [1.807, 2.05) is 0 Å². The quantitative estimate of drug-likeness (QED) is 0.401. The molecule has 0 aliphatic carbocycles. The van der Waals surface area contributed by atoms with Crippen molar-refractivity contribution in [2.75, 3.05) is 0 Å². The summed E-state index contributed by atoms with van der Waals surface area (Å²) in [5.74, 6) is 0. The molecule has 0 aromatic carbocycles. The highest BCUT2D eigenvalue weighted by Gasteiger charge is 1.65. The normalized spacial score (nSPS) is 6.50. The average Bonchev–Trinajstić information content (AvgIpc) is 0.811. The van der Waals surface area contributed by atoms with Gasteiger partial charge in [0.15, 0.2) is 0 Å². The van der Waals surface area contributed by atoms with Crippen LogP contribution in [-0.4, -0.2) is 0 Å². The summed E-state index contributed by atoms with van der Waals surface area (Å²) < 4.78 is 20.3. The first-order chi connectivity index (χ1) is 1.73. The average molecular weight is 65.0 g/mol. The maximum Gasteiger partial charge on any atom is 1.00 e. The van der Waals surface area contributed by atoms with Crippen molar-refractivity contribution in [1.29, 1.82) is 0 Å². The summed E-state index contributed by atoms with van der Waals surface area (Å²) in [6.45, 7) is 2.22. The first-order valence-electron chi connectivity index (χ1n) is 0.732. The summed E-state index contributed by atoms with van der Waals surface area (Å²) in [4.78, 5) is 0. The van der Waals surface area contributed by atoms with Crippen LogP contribution in [0.3, 0.4) is 0 Å². The third-order valence-electron chi connectivity index (χ3n) is 0. The number of hydrogen-bond acceptors (Lipinski definition) is 0. The Hall–Kier alpha value is -0.400. The highest BCUT2D eigenvalue weighted by molar-refractivity contribution is 4.57. The molecule has 0 heterocycles. The molecule has 0 unspecified atom stereocenters. The van der Waals surface area contributed by atoms with Gasteiger partial charge in [-0.05, 0) is 6.58 Å². The molecule has 0 radical (unpaired) electrons. The molecule has 0 atom stereocenters. The Labute approximate surface area is 24.2 Å². The third kappa shape index (κ3) is 3.60. The van der Waals surface area contributed by atoms with E-state index in [-0.39, 0.29) is 1.43 Å². The second kappa shape index (κ2) is 0.985. The lowest BCUT2D eigenvalue weighted by Crippen LogP contribution is -1.33. The summed E-state index contributed by atoms with van der Waals surface area (Å²) in [6, 6.07) is 0. The minimum absolute atomic E-state index is 0. The molecule has 0 bridgehead atoms. The molecular weight excluding hydrogens is 62.0 g/mol. The van der Waals surface area contributed by atoms with E-state index < -0.39 is 6.08 Å². The summed E-state index contributed by atoms with van der Waals surface area (Å²) in [7, 11) is 0. The van der Waals surface area contributed by atoms with E-state index in [9.17, 15) is 8.78 Å². The van der Waals surface area contributed by atoms with Crippen molar-refractivity contribution in [2.45, 2.75) is 0 Å². The molecular formula is C2H3F2+. The third-order valence-corrected chi connectivity index (χ3v) is 0. The minimum Gasteiger partial charge on any atom is -0.174 e. The zero-order valence-corrected chi connectivity index (χ0v) is 1.96. The van der Waals surface area contributed by atoms with E-state index in [1.165, 1.54) is 0 Å². The number of rotatable bonds is 0. The largest absolute Gasteiger partial charge is 1.00 e. The molecule has 0 aliphatic heterocycles. The van der Waals surface area contributed by atoms with E-state index >= 15 is 0 Å². The van der Waals surface area contributed by atoms with E-state index in [4.69, 9.17) is 0 Å². The van der Waals surface area contributed by atoms with Crippen molar-refractivity contribution in [2.24, 2.45) is 0 Å². The summed E-state index contributed by atoms with van der Waals surface area (Å²) in [6.07, 6.45) is -1.83. The van der Waals surface area contributed by atoms with Crippen molar-refractivity contribution >= 4 is 0 Å². The van der Waals surface area contributed by atoms with Crippen LogP contribution in [0.15, 0.2) is 12.7 Å². The van der Waals surface area contributed by atoms with Crippen LogP contribution in [0, 0.1) is 0 Å². The Bertz CT molecular complexity index is 30.6. The summed E-state index contributed by atoms with van der Waals surface area (Å²) >= 11 is 0. The van der Waals surface area contributed by atoms with Crippen LogP contribution in [0.1, 0.15) is 1.43 Å². The SMILES string of the molecule is C=C(F)F.[H+]. The fourth-order valence-corrected chi connectivity index (χ4v) is 0. The van der Waals surface area contributed by atoms with Crippen molar-refractivity contribution in [3.05, 3.63) is 12.7 Å². The highest BCUT2D eigenvalue weighted by atomic mass is 19.3. The van der Waals surface area contributed by atoms with Gasteiger partial charge in [-0.1, -0.05) is 0 Å². The number of halogens is 2. The van der Waals surface area contributed by atoms with Crippen LogP contribution >= 0.6 is 0 Å². The van der Waals surface area contributed by atoms with Crippen LogP contribution in [-0.2, 0) is 0 Å². The van der Waals surface area contributed by atoms with Crippen molar-refractivity contribution < 1.29 is 10.2 Å². The topological polar surface area (TPSA) is 0 Å². The van der Waals surface area contributed by atoms with Crippen LogP contribution in [0.2, 0.25) is 0 Å². The Morgan fingerprint density at radius 3 is 1.75 bits per heavy atom. The predicted octanol–water partition coefficient (Wildman–Crippen LogP) is 1.51. The number of hydrogen-bond donors (Lipinski definition) is 0. The summed E-state index contributed by atoms with van der Waals surface area (Å²) in [5.41, 5.74) is 0. The lowest BCUT2D eigenvalue weighted by Gasteiger charge is -1.54. The van der Waals surface area contributed by atoms with Gasteiger partial charge >= 0.3 is 1.43 Å². The molecule has 0 aromatic rings. The molecule has 0 N–H and O–H groups in total. The van der Waals surface area contributed by atoms with Crippen molar-refractivity contribution in [3.63, 3.8) is 0 Å². The Morgan fingerprint density at radius 1 is 1.75 bits per heavy atom. The van der Waals surface area contributed by atoms with Gasteiger partial charge in [-0.15, -0.1) is 0 Å². The van der Waals surface area contributed by atoms with Crippen molar-refractivity contribution in [1.82, 2.24) is 0 Å². The lowest BCUT2D eigenvalue weighted by molar-refractivity contribution is 0.426. The maximum atomic E-state index is 10.1. The molecule has 0 nitrogen and oxygen atoms in total. The molecule has 0 rings (SSSR count). The molecule has 0 saturated carbocycles. The van der Waals surface area contributed by atoms with Crippen LogP contribution in [0.4, 0.5) is 8.78 Å². The first-order valence-corrected chi connectivity index (χ1v) is 0.732. The van der Waals surface area contributed by atoms with Gasteiger partial charge in [-0.3, -0.25) is 0 Å². The van der Waals surface area contributed by atoms with Gasteiger partial charge in [-0.2, -0.15) is 8.78 Å².